The number of nitro groups is 1. The van der Waals surface area contributed by atoms with E-state index in [1.807, 2.05) is 12.1 Å². The van der Waals surface area contributed by atoms with Crippen LogP contribution < -0.4 is 19.5 Å². The van der Waals surface area contributed by atoms with Crippen molar-refractivity contribution in [1.82, 2.24) is 0 Å². The Morgan fingerprint density at radius 2 is 1.62 bits per heavy atom. The number of carbonyl (C=O) groups excluding carboxylic acids is 2. The molecule has 3 rings (SSSR count). The van der Waals surface area contributed by atoms with Gasteiger partial charge < -0.3 is 19.5 Å². The third kappa shape index (κ3) is 6.32. The standard InChI is InChI=1S/C25H24N2O7/c1-16(2)24(28)26-19-8-6-18(7-9-19)25(29)34-23-14-21(12-13-22(23)27(30)31)33-15-17-4-10-20(32-3)11-5-17/h4-14,16H,15H2,1-3H3,(H,26,28). The minimum Gasteiger partial charge on any atom is -0.497 e. The molecule has 0 spiro atoms. The number of hydrogen-bond acceptors (Lipinski definition) is 7. The number of carbonyl (C=O) groups is 2. The lowest BCUT2D eigenvalue weighted by molar-refractivity contribution is -0.385. The first-order valence-corrected chi connectivity index (χ1v) is 10.4. The Bertz CT molecular complexity index is 1170. The van der Waals surface area contributed by atoms with Crippen molar-refractivity contribution in [3.05, 3.63) is 88.0 Å². The molecule has 0 aromatic heterocycles. The summed E-state index contributed by atoms with van der Waals surface area (Å²) in [5.41, 5.74) is 1.19. The second-order valence-electron chi connectivity index (χ2n) is 7.63. The van der Waals surface area contributed by atoms with Gasteiger partial charge in [0.1, 0.15) is 18.1 Å². The molecule has 1 amide bonds. The molecular formula is C25H24N2O7. The molecule has 0 aliphatic carbocycles. The fraction of sp³-hybridized carbons (Fsp3) is 0.200. The molecule has 0 saturated carbocycles. The topological polar surface area (TPSA) is 117 Å². The molecule has 9 nitrogen and oxygen atoms in total. The number of methoxy groups -OCH3 is 1. The highest BCUT2D eigenvalue weighted by molar-refractivity contribution is 5.94. The van der Waals surface area contributed by atoms with Crippen molar-refractivity contribution in [1.29, 1.82) is 0 Å². The van der Waals surface area contributed by atoms with Gasteiger partial charge in [-0.3, -0.25) is 14.9 Å². The van der Waals surface area contributed by atoms with Gasteiger partial charge in [-0.1, -0.05) is 26.0 Å². The summed E-state index contributed by atoms with van der Waals surface area (Å²) in [7, 11) is 1.57. The predicted molar refractivity (Wildman–Crippen MR) is 125 cm³/mol. The van der Waals surface area contributed by atoms with Crippen molar-refractivity contribution in [2.75, 3.05) is 12.4 Å². The number of benzene rings is 3. The maximum absolute atomic E-state index is 12.6. The van der Waals surface area contributed by atoms with Gasteiger partial charge in [0, 0.05) is 23.7 Å². The van der Waals surface area contributed by atoms with Crippen LogP contribution in [0.15, 0.2) is 66.7 Å². The molecule has 176 valence electrons. The summed E-state index contributed by atoms with van der Waals surface area (Å²) in [5, 5.41) is 14.1. The Hall–Kier alpha value is -4.40. The molecule has 1 N–H and O–H groups in total. The summed E-state index contributed by atoms with van der Waals surface area (Å²) < 4.78 is 16.1. The summed E-state index contributed by atoms with van der Waals surface area (Å²) in [6, 6.07) is 17.2. The summed E-state index contributed by atoms with van der Waals surface area (Å²) >= 11 is 0. The van der Waals surface area contributed by atoms with Crippen LogP contribution in [-0.2, 0) is 11.4 Å². The zero-order chi connectivity index (χ0) is 24.7. The van der Waals surface area contributed by atoms with E-state index in [2.05, 4.69) is 5.32 Å². The van der Waals surface area contributed by atoms with Gasteiger partial charge >= 0.3 is 11.7 Å². The van der Waals surface area contributed by atoms with Crippen LogP contribution in [0.5, 0.6) is 17.2 Å². The number of amides is 1. The van der Waals surface area contributed by atoms with Crippen molar-refractivity contribution in [2.24, 2.45) is 5.92 Å². The maximum Gasteiger partial charge on any atom is 0.343 e. The first-order valence-electron chi connectivity index (χ1n) is 10.4. The van der Waals surface area contributed by atoms with Crippen molar-refractivity contribution in [3.8, 4) is 17.2 Å². The van der Waals surface area contributed by atoms with E-state index in [1.165, 1.54) is 30.3 Å². The zero-order valence-corrected chi connectivity index (χ0v) is 18.9. The lowest BCUT2D eigenvalue weighted by Gasteiger charge is -2.10. The van der Waals surface area contributed by atoms with Crippen LogP contribution in [0.1, 0.15) is 29.8 Å². The Balaban J connectivity index is 1.72. The Morgan fingerprint density at radius 1 is 0.971 bits per heavy atom. The largest absolute Gasteiger partial charge is 0.497 e. The third-order valence-electron chi connectivity index (χ3n) is 4.81. The van der Waals surface area contributed by atoms with E-state index in [0.29, 0.717) is 17.2 Å². The van der Waals surface area contributed by atoms with Crippen LogP contribution in [0.3, 0.4) is 0 Å². The molecular weight excluding hydrogens is 440 g/mol. The molecule has 3 aromatic carbocycles. The van der Waals surface area contributed by atoms with Gasteiger partial charge in [-0.2, -0.15) is 0 Å². The van der Waals surface area contributed by atoms with E-state index in [-0.39, 0.29) is 35.4 Å². The van der Waals surface area contributed by atoms with Gasteiger partial charge in [-0.05, 0) is 48.0 Å². The van der Waals surface area contributed by atoms with Crippen LogP contribution in [0.2, 0.25) is 0 Å². The quantitative estimate of drug-likeness (QED) is 0.205. The number of nitrogens with one attached hydrogen (secondary N) is 1. The van der Waals surface area contributed by atoms with Gasteiger partial charge in [0.05, 0.1) is 17.6 Å². The molecule has 0 aliphatic heterocycles. The minimum atomic E-state index is -0.780. The monoisotopic (exact) mass is 464 g/mol. The lowest BCUT2D eigenvalue weighted by Crippen LogP contribution is -2.17. The molecule has 0 aliphatic rings. The van der Waals surface area contributed by atoms with E-state index < -0.39 is 10.9 Å². The molecule has 3 aromatic rings. The highest BCUT2D eigenvalue weighted by atomic mass is 16.6. The molecule has 34 heavy (non-hydrogen) atoms. The van der Waals surface area contributed by atoms with Crippen molar-refractivity contribution in [2.45, 2.75) is 20.5 Å². The molecule has 0 fully saturated rings. The van der Waals surface area contributed by atoms with Crippen molar-refractivity contribution >= 4 is 23.3 Å². The molecule has 0 unspecified atom stereocenters. The molecule has 0 radical (unpaired) electrons. The van der Waals surface area contributed by atoms with Crippen LogP contribution in [0.4, 0.5) is 11.4 Å². The number of rotatable bonds is 9. The van der Waals surface area contributed by atoms with Gasteiger partial charge in [-0.15, -0.1) is 0 Å². The molecule has 0 saturated heterocycles. The fourth-order valence-electron chi connectivity index (χ4n) is 2.84. The van der Waals surface area contributed by atoms with Crippen LogP contribution in [-0.4, -0.2) is 23.9 Å². The molecule has 9 heteroatoms. The van der Waals surface area contributed by atoms with Gasteiger partial charge in [-0.25, -0.2) is 4.79 Å². The van der Waals surface area contributed by atoms with Crippen LogP contribution in [0.25, 0.3) is 0 Å². The van der Waals surface area contributed by atoms with E-state index >= 15 is 0 Å². The number of nitro benzene ring substituents is 1. The van der Waals surface area contributed by atoms with Crippen molar-refractivity contribution < 1.29 is 28.7 Å². The minimum absolute atomic E-state index is 0.155. The Labute approximate surface area is 196 Å². The van der Waals surface area contributed by atoms with Gasteiger partial charge in [0.25, 0.3) is 0 Å². The summed E-state index contributed by atoms with van der Waals surface area (Å²) in [5.74, 6) is -0.349. The first kappa shape index (κ1) is 24.2. The maximum atomic E-state index is 12.6. The fourth-order valence-corrected chi connectivity index (χ4v) is 2.84. The molecule has 0 bridgehead atoms. The number of ether oxygens (including phenoxy) is 3. The third-order valence-corrected chi connectivity index (χ3v) is 4.81. The van der Waals surface area contributed by atoms with E-state index in [4.69, 9.17) is 14.2 Å². The second-order valence-corrected chi connectivity index (χ2v) is 7.63. The predicted octanol–water partition coefficient (Wildman–Crippen LogP) is 5.00. The zero-order valence-electron chi connectivity index (χ0n) is 18.9. The normalized spacial score (nSPS) is 10.5. The lowest BCUT2D eigenvalue weighted by atomic mass is 10.1. The Morgan fingerprint density at radius 3 is 2.21 bits per heavy atom. The number of nitrogens with zero attached hydrogens (tertiary/aromatic N) is 1. The highest BCUT2D eigenvalue weighted by Crippen LogP contribution is 2.32. The molecule has 0 atom stereocenters. The van der Waals surface area contributed by atoms with Crippen LogP contribution >= 0.6 is 0 Å². The average Bonchev–Trinajstić information content (AvgIpc) is 2.83. The summed E-state index contributed by atoms with van der Waals surface area (Å²) in [6.45, 7) is 3.74. The smallest absolute Gasteiger partial charge is 0.343 e. The van der Waals surface area contributed by atoms with Crippen molar-refractivity contribution in [3.63, 3.8) is 0 Å². The Kier molecular flexibility index (Phi) is 7.81. The van der Waals surface area contributed by atoms with Crippen LogP contribution in [0, 0.1) is 16.0 Å². The second kappa shape index (κ2) is 11.0. The average molecular weight is 464 g/mol. The van der Waals surface area contributed by atoms with Gasteiger partial charge in [0.15, 0.2) is 0 Å². The van der Waals surface area contributed by atoms with E-state index in [1.54, 1.807) is 45.2 Å². The number of hydrogen-bond donors (Lipinski definition) is 1. The van der Waals surface area contributed by atoms with E-state index in [0.717, 1.165) is 5.56 Å². The highest BCUT2D eigenvalue weighted by Gasteiger charge is 2.20. The number of esters is 1. The summed E-state index contributed by atoms with van der Waals surface area (Å²) in [4.78, 5) is 35.2. The summed E-state index contributed by atoms with van der Waals surface area (Å²) in [6.07, 6.45) is 0. The first-order chi connectivity index (χ1) is 16.3. The van der Waals surface area contributed by atoms with E-state index in [9.17, 15) is 19.7 Å². The molecule has 0 heterocycles. The number of anilines is 1. The SMILES string of the molecule is COc1ccc(COc2ccc([N+](=O)[O-])c(OC(=O)c3ccc(NC(=O)C(C)C)cc3)c2)cc1. The van der Waals surface area contributed by atoms with Gasteiger partial charge in [0.2, 0.25) is 11.7 Å².